The first kappa shape index (κ1) is 22.9. The van der Waals surface area contributed by atoms with Crippen LogP contribution in [0.5, 0.6) is 0 Å². The number of H-pyrrole nitrogens is 1. The van der Waals surface area contributed by atoms with Gasteiger partial charge >= 0.3 is 11.8 Å². The fraction of sp³-hybridized carbons (Fsp3) is 0.250. The van der Waals surface area contributed by atoms with Crippen LogP contribution in [-0.2, 0) is 17.1 Å². The van der Waals surface area contributed by atoms with Crippen molar-refractivity contribution in [3.8, 4) is 11.4 Å². The average Bonchev–Trinajstić information content (AvgIpc) is 3.20. The molecule has 0 fully saturated rings. The quantitative estimate of drug-likeness (QED) is 0.417. The SMILES string of the molecule is CC(F)(F)C(F)(F)c1nc(-c2ccc(NC(=O)C(N)Cc3ccc(Br)cc3)cc2)n[nH]1. The van der Waals surface area contributed by atoms with Crippen molar-refractivity contribution in [2.45, 2.75) is 31.2 Å². The highest BCUT2D eigenvalue weighted by molar-refractivity contribution is 9.10. The second-order valence-corrected chi connectivity index (χ2v) is 7.89. The summed E-state index contributed by atoms with van der Waals surface area (Å²) in [6, 6.07) is 12.6. The smallest absolute Gasteiger partial charge is 0.325 e. The van der Waals surface area contributed by atoms with Gasteiger partial charge in [-0.05, 0) is 48.4 Å². The Morgan fingerprint density at radius 1 is 1.13 bits per heavy atom. The fourth-order valence-corrected chi connectivity index (χ4v) is 2.91. The second-order valence-electron chi connectivity index (χ2n) is 6.97. The van der Waals surface area contributed by atoms with Crippen molar-refractivity contribution in [2.75, 3.05) is 5.32 Å². The van der Waals surface area contributed by atoms with Gasteiger partial charge in [0.15, 0.2) is 5.82 Å². The molecule has 31 heavy (non-hydrogen) atoms. The van der Waals surface area contributed by atoms with Gasteiger partial charge in [-0.25, -0.2) is 4.98 Å². The lowest BCUT2D eigenvalue weighted by Gasteiger charge is -2.19. The minimum Gasteiger partial charge on any atom is -0.325 e. The minimum absolute atomic E-state index is 0.105. The van der Waals surface area contributed by atoms with Crippen molar-refractivity contribution in [1.29, 1.82) is 0 Å². The Morgan fingerprint density at radius 3 is 2.32 bits per heavy atom. The molecule has 1 unspecified atom stereocenters. The molecule has 3 rings (SSSR count). The first-order chi connectivity index (χ1) is 14.5. The van der Waals surface area contributed by atoms with Gasteiger partial charge in [0.1, 0.15) is 0 Å². The highest BCUT2D eigenvalue weighted by Crippen LogP contribution is 2.41. The molecular formula is C20H18BrF4N5O. The number of nitrogens with two attached hydrogens (primary N) is 1. The Morgan fingerprint density at radius 2 is 1.74 bits per heavy atom. The lowest BCUT2D eigenvalue weighted by Crippen LogP contribution is -2.37. The minimum atomic E-state index is -4.49. The molecule has 0 spiro atoms. The van der Waals surface area contributed by atoms with Gasteiger partial charge in [-0.2, -0.15) is 22.7 Å². The van der Waals surface area contributed by atoms with E-state index < -0.39 is 29.6 Å². The zero-order valence-electron chi connectivity index (χ0n) is 16.2. The van der Waals surface area contributed by atoms with Crippen LogP contribution in [0.1, 0.15) is 18.3 Å². The van der Waals surface area contributed by atoms with E-state index in [-0.39, 0.29) is 12.7 Å². The van der Waals surface area contributed by atoms with Gasteiger partial charge in [-0.15, -0.1) is 0 Å². The molecule has 0 aliphatic rings. The van der Waals surface area contributed by atoms with E-state index in [4.69, 9.17) is 5.73 Å². The third-order valence-corrected chi connectivity index (χ3v) is 4.98. The predicted molar refractivity (Wildman–Crippen MR) is 111 cm³/mol. The first-order valence-electron chi connectivity index (χ1n) is 9.07. The van der Waals surface area contributed by atoms with Gasteiger partial charge in [-0.1, -0.05) is 28.1 Å². The number of hydrogen-bond acceptors (Lipinski definition) is 4. The van der Waals surface area contributed by atoms with E-state index in [9.17, 15) is 22.4 Å². The summed E-state index contributed by atoms with van der Waals surface area (Å²) in [4.78, 5) is 15.8. The monoisotopic (exact) mass is 499 g/mol. The lowest BCUT2D eigenvalue weighted by molar-refractivity contribution is -0.209. The Balaban J connectivity index is 1.65. The Bertz CT molecular complexity index is 1050. The maximum atomic E-state index is 13.7. The molecule has 0 saturated heterocycles. The number of amides is 1. The topological polar surface area (TPSA) is 96.7 Å². The second kappa shape index (κ2) is 8.75. The van der Waals surface area contributed by atoms with Gasteiger partial charge in [-0.3, -0.25) is 9.89 Å². The molecule has 4 N–H and O–H groups in total. The zero-order chi connectivity index (χ0) is 22.8. The molecule has 164 valence electrons. The van der Waals surface area contributed by atoms with E-state index >= 15 is 0 Å². The largest absolute Gasteiger partial charge is 0.367 e. The zero-order valence-corrected chi connectivity index (χ0v) is 17.8. The van der Waals surface area contributed by atoms with Crippen molar-refractivity contribution in [3.05, 3.63) is 64.4 Å². The highest BCUT2D eigenvalue weighted by Gasteiger charge is 2.56. The van der Waals surface area contributed by atoms with Crippen LogP contribution >= 0.6 is 15.9 Å². The van der Waals surface area contributed by atoms with Gasteiger partial charge in [0, 0.05) is 22.6 Å². The van der Waals surface area contributed by atoms with E-state index in [1.54, 1.807) is 0 Å². The summed E-state index contributed by atoms with van der Waals surface area (Å²) in [5.41, 5.74) is 7.57. The number of aromatic nitrogens is 3. The maximum absolute atomic E-state index is 13.7. The van der Waals surface area contributed by atoms with Gasteiger partial charge in [0.05, 0.1) is 6.04 Å². The van der Waals surface area contributed by atoms with Crippen molar-refractivity contribution < 1.29 is 22.4 Å². The van der Waals surface area contributed by atoms with Crippen LogP contribution in [0, 0.1) is 0 Å². The summed E-state index contributed by atoms with van der Waals surface area (Å²) in [5, 5.41) is 8.10. The van der Waals surface area contributed by atoms with E-state index in [0.29, 0.717) is 17.7 Å². The molecule has 1 atom stereocenters. The number of anilines is 1. The van der Waals surface area contributed by atoms with Crippen LogP contribution in [0.25, 0.3) is 11.4 Å². The highest BCUT2D eigenvalue weighted by atomic mass is 79.9. The Hall–Kier alpha value is -2.79. The number of nitrogens with zero attached hydrogens (tertiary/aromatic N) is 2. The third-order valence-electron chi connectivity index (χ3n) is 4.45. The van der Waals surface area contributed by atoms with Gasteiger partial charge < -0.3 is 11.1 Å². The van der Waals surface area contributed by atoms with E-state index in [2.05, 4.69) is 31.3 Å². The molecule has 0 bridgehead atoms. The molecular weight excluding hydrogens is 482 g/mol. The third kappa shape index (κ3) is 5.28. The number of alkyl halides is 4. The Labute approximate surface area is 183 Å². The van der Waals surface area contributed by atoms with Crippen LogP contribution in [0.4, 0.5) is 23.2 Å². The maximum Gasteiger partial charge on any atom is 0.367 e. The molecule has 6 nitrogen and oxygen atoms in total. The summed E-state index contributed by atoms with van der Waals surface area (Å²) < 4.78 is 54.5. The van der Waals surface area contributed by atoms with E-state index in [1.165, 1.54) is 24.3 Å². The van der Waals surface area contributed by atoms with Crippen LogP contribution in [0.3, 0.4) is 0 Å². The van der Waals surface area contributed by atoms with Gasteiger partial charge in [0.2, 0.25) is 11.7 Å². The van der Waals surface area contributed by atoms with Gasteiger partial charge in [0.25, 0.3) is 0 Å². The standard InChI is InChI=1S/C20H18BrF4N5O/c1-19(22,23)20(24,25)18-28-16(29-30-18)12-4-8-14(9-5-12)27-17(31)15(26)10-11-2-6-13(21)7-3-11/h2-9,15H,10,26H2,1H3,(H,27,31)(H,28,29,30). The van der Waals surface area contributed by atoms with Crippen LogP contribution in [-0.4, -0.2) is 33.1 Å². The van der Waals surface area contributed by atoms with Crippen molar-refractivity contribution >= 4 is 27.5 Å². The van der Waals surface area contributed by atoms with Crippen molar-refractivity contribution in [1.82, 2.24) is 15.2 Å². The summed E-state index contributed by atoms with van der Waals surface area (Å²) in [6.45, 7) is 0.105. The Kier molecular flexibility index (Phi) is 6.46. The lowest BCUT2D eigenvalue weighted by atomic mass is 10.1. The number of carbonyl (C=O) groups is 1. The van der Waals surface area contributed by atoms with Crippen LogP contribution in [0.2, 0.25) is 0 Å². The molecule has 3 aromatic rings. The number of benzene rings is 2. The number of hydrogen-bond donors (Lipinski definition) is 3. The first-order valence-corrected chi connectivity index (χ1v) is 9.86. The van der Waals surface area contributed by atoms with Crippen LogP contribution < -0.4 is 11.1 Å². The molecule has 1 aromatic heterocycles. The molecule has 0 aliphatic carbocycles. The van der Waals surface area contributed by atoms with Crippen molar-refractivity contribution in [2.24, 2.45) is 5.73 Å². The number of halogens is 5. The predicted octanol–water partition coefficient (Wildman–Crippen LogP) is 4.49. The number of aromatic amines is 1. The van der Waals surface area contributed by atoms with Crippen LogP contribution in [0.15, 0.2) is 53.0 Å². The molecule has 1 amide bonds. The summed E-state index contributed by atoms with van der Waals surface area (Å²) >= 11 is 3.34. The normalized spacial score (nSPS) is 13.1. The van der Waals surface area contributed by atoms with E-state index in [1.807, 2.05) is 29.4 Å². The fourth-order valence-electron chi connectivity index (χ4n) is 2.64. The average molecular weight is 500 g/mol. The number of rotatable bonds is 7. The molecule has 0 radical (unpaired) electrons. The molecule has 0 aliphatic heterocycles. The summed E-state index contributed by atoms with van der Waals surface area (Å²) in [5.74, 6) is -10.6. The molecule has 2 aromatic carbocycles. The summed E-state index contributed by atoms with van der Waals surface area (Å²) in [6.07, 6.45) is 0.341. The summed E-state index contributed by atoms with van der Waals surface area (Å²) in [7, 11) is 0. The molecule has 0 saturated carbocycles. The van der Waals surface area contributed by atoms with E-state index in [0.717, 1.165) is 10.0 Å². The number of nitrogens with one attached hydrogen (secondary N) is 2. The number of carbonyl (C=O) groups excluding carboxylic acids is 1. The molecule has 1 heterocycles. The van der Waals surface area contributed by atoms with Crippen molar-refractivity contribution in [3.63, 3.8) is 0 Å². The molecule has 11 heteroatoms.